The zero-order valence-corrected chi connectivity index (χ0v) is 36.0. The van der Waals surface area contributed by atoms with E-state index in [-0.39, 0.29) is 42.4 Å². The van der Waals surface area contributed by atoms with Crippen LogP contribution in [0.2, 0.25) is 0 Å². The van der Waals surface area contributed by atoms with Gasteiger partial charge < -0.3 is 55.4 Å². The summed E-state index contributed by atoms with van der Waals surface area (Å²) in [6.07, 6.45) is -4.49. The van der Waals surface area contributed by atoms with Crippen LogP contribution in [0.3, 0.4) is 0 Å². The minimum absolute atomic E-state index is 0.00224. The zero-order valence-electron chi connectivity index (χ0n) is 32.5. The summed E-state index contributed by atoms with van der Waals surface area (Å²) in [5, 5.41) is 17.4. The Morgan fingerprint density at radius 1 is 1.05 bits per heavy atom. The third-order valence-corrected chi connectivity index (χ3v) is 14.3. The Kier molecular flexibility index (Phi) is 14.2. The molecule has 3 aromatic rings. The van der Waals surface area contributed by atoms with Crippen molar-refractivity contribution in [1.29, 1.82) is 0 Å². The number of alkyl carbamates (subject to hydrolysis) is 1. The molecular formula is C32H43N11O14P3S+. The maximum absolute atomic E-state index is 12.9. The van der Waals surface area contributed by atoms with E-state index in [1.54, 1.807) is 11.3 Å². The third-order valence-electron chi connectivity index (χ3n) is 9.00. The zero-order chi connectivity index (χ0) is 44.3. The minimum Gasteiger partial charge on any atom is -0.440 e. The first-order valence-corrected chi connectivity index (χ1v) is 23.6. The van der Waals surface area contributed by atoms with Gasteiger partial charge in [0.05, 0.1) is 33.7 Å². The Morgan fingerprint density at radius 2 is 1.80 bits per heavy atom. The highest BCUT2D eigenvalue weighted by Gasteiger charge is 2.49. The molecule has 1 aliphatic carbocycles. The average Bonchev–Trinajstić information content (AvgIpc) is 3.73. The van der Waals surface area contributed by atoms with Crippen molar-refractivity contribution >= 4 is 79.5 Å². The fourth-order valence-electron chi connectivity index (χ4n) is 6.14. The number of phosphoric ester groups is 1. The first-order chi connectivity index (χ1) is 28.7. The number of anilines is 2. The van der Waals surface area contributed by atoms with Crippen molar-refractivity contribution in [3.05, 3.63) is 54.4 Å². The summed E-state index contributed by atoms with van der Waals surface area (Å²) in [4.78, 5) is 83.7. The highest BCUT2D eigenvalue weighted by atomic mass is 32.1. The van der Waals surface area contributed by atoms with Gasteiger partial charge in [0.25, 0.3) is 0 Å². The maximum atomic E-state index is 12.9. The summed E-state index contributed by atoms with van der Waals surface area (Å²) in [5.41, 5.74) is 8.84. The van der Waals surface area contributed by atoms with E-state index in [0.29, 0.717) is 13.0 Å². The fraction of sp³-hybridized carbons (Fsp3) is 0.406. The topological polar surface area (TPSA) is 348 Å². The molecule has 4 heterocycles. The van der Waals surface area contributed by atoms with Gasteiger partial charge >= 0.3 is 29.4 Å². The van der Waals surface area contributed by atoms with Gasteiger partial charge in [-0.2, -0.15) is 4.31 Å². The van der Waals surface area contributed by atoms with Gasteiger partial charge in [0.1, 0.15) is 38.1 Å². The van der Waals surface area contributed by atoms with Crippen LogP contribution in [0.25, 0.3) is 32.0 Å². The third kappa shape index (κ3) is 11.9. The monoisotopic (exact) mass is 930 g/mol. The van der Waals surface area contributed by atoms with Crippen molar-refractivity contribution in [3.63, 3.8) is 0 Å². The number of hydrogen-bond donors (Lipinski definition) is 9. The highest BCUT2D eigenvalue weighted by molar-refractivity contribution is 7.70. The number of nitrogen functional groups attached to an aromatic ring is 1. The molecule has 6 rings (SSSR count). The molecule has 2 aliphatic heterocycles. The molecule has 330 valence electrons. The van der Waals surface area contributed by atoms with Gasteiger partial charge in [0.2, 0.25) is 11.3 Å². The first kappa shape index (κ1) is 46.0. The molecule has 1 aromatic carbocycles. The molecule has 3 aliphatic rings. The van der Waals surface area contributed by atoms with Crippen LogP contribution in [0.5, 0.6) is 0 Å². The van der Waals surface area contributed by atoms with E-state index in [2.05, 4.69) is 42.0 Å². The highest BCUT2D eigenvalue weighted by Crippen LogP contribution is 2.61. The van der Waals surface area contributed by atoms with Gasteiger partial charge in [0, 0.05) is 50.9 Å². The number of hydrogen-bond acceptors (Lipinski definition) is 17. The van der Waals surface area contributed by atoms with Gasteiger partial charge in [-0.05, 0) is 30.7 Å². The van der Waals surface area contributed by atoms with Gasteiger partial charge in [-0.1, -0.05) is 0 Å². The molecule has 2 unspecified atom stereocenters. The van der Waals surface area contributed by atoms with Crippen LogP contribution in [0, 0.1) is 0 Å². The molecule has 0 bridgehead atoms. The van der Waals surface area contributed by atoms with Crippen LogP contribution in [-0.4, -0.2) is 127 Å². The smallest absolute Gasteiger partial charge is 0.440 e. The predicted octanol–water partition coefficient (Wildman–Crippen LogP) is 0.457. The molecule has 10 N–H and O–H groups in total. The summed E-state index contributed by atoms with van der Waals surface area (Å²) in [7, 11) is -10.7. The van der Waals surface area contributed by atoms with E-state index in [1.807, 2.05) is 54.9 Å². The number of carbonyl (C=O) groups is 2. The standard InChI is InChI=1S/C32H42N11O14P3S/c1-41(2)18-6-8-20-23(13-18)61-24-14-19(7-9-21(24)39-20)42(3)12-4-5-25(44)34-10-11-35-32(46)56-28-22(15-54-60(52,53)57-59(50,51)40-58(47,48)49)55-31(27(28)45)43-17-38-26-29(33)36-16-37-30(26)43/h6-9,13-14,16-17,22,27-28,31,45H,4-5,10-12,15H2,1-3H3,(H8-,33,34,35,36,37,40,44,46,47,48,49,50,51,52,53)/p+1/t22-,27-,28-,31-/m1/s1. The van der Waals surface area contributed by atoms with E-state index < -0.39 is 60.6 Å². The minimum atomic E-state index is -5.60. The molecule has 0 radical (unpaired) electrons. The molecule has 29 heteroatoms. The predicted molar refractivity (Wildman–Crippen MR) is 219 cm³/mol. The molecule has 1 saturated heterocycles. The van der Waals surface area contributed by atoms with Crippen LogP contribution in [0.15, 0.2) is 49.1 Å². The van der Waals surface area contributed by atoms with Crippen LogP contribution in [0.4, 0.5) is 16.3 Å². The number of fused-ring (bicyclic) bond motifs is 3. The number of aliphatic hydroxyl groups is 1. The largest absolute Gasteiger partial charge is 0.480 e. The van der Waals surface area contributed by atoms with Crippen molar-refractivity contribution in [1.82, 2.24) is 44.6 Å². The molecule has 2 amide bonds. The van der Waals surface area contributed by atoms with Gasteiger partial charge in [-0.3, -0.25) is 13.9 Å². The summed E-state index contributed by atoms with van der Waals surface area (Å²) < 4.78 is 59.7. The van der Waals surface area contributed by atoms with Gasteiger partial charge in [-0.25, -0.2) is 43.0 Å². The lowest BCUT2D eigenvalue weighted by Crippen LogP contribution is -2.42. The number of rotatable bonds is 17. The molecular weight excluding hydrogens is 887 g/mol. The van der Waals surface area contributed by atoms with Crippen molar-refractivity contribution < 1.29 is 66.3 Å². The Hall–Kier alpha value is -4.52. The Morgan fingerprint density at radius 3 is 2.54 bits per heavy atom. The molecule has 61 heavy (non-hydrogen) atoms. The Balaban J connectivity index is 1.000. The van der Waals surface area contributed by atoms with E-state index in [0.717, 1.165) is 43.0 Å². The lowest BCUT2D eigenvalue weighted by atomic mass is 10.1. The number of phosphoric acid groups is 1. The quantitative estimate of drug-likeness (QED) is 0.0265. The van der Waals surface area contributed by atoms with Crippen molar-refractivity contribution in [2.45, 2.75) is 37.4 Å². The second-order valence-corrected chi connectivity index (χ2v) is 19.6. The van der Waals surface area contributed by atoms with Crippen LogP contribution in [-0.2, 0) is 36.8 Å². The van der Waals surface area contributed by atoms with Gasteiger partial charge in [0.15, 0.2) is 23.8 Å². The second-order valence-electron chi connectivity index (χ2n) is 13.7. The maximum Gasteiger partial charge on any atom is 0.480 e. The second kappa shape index (κ2) is 18.8. The number of carbonyl (C=O) groups excluding carboxylic acids is 2. The summed E-state index contributed by atoms with van der Waals surface area (Å²) in [6, 6.07) is 12.2. The normalized spacial score (nSPS) is 20.0. The summed E-state index contributed by atoms with van der Waals surface area (Å²) in [6.45, 7) is -0.579. The molecule has 0 spiro atoms. The molecule has 6 atom stereocenters. The number of imidazole rings is 1. The number of benzene rings is 2. The lowest BCUT2D eigenvalue weighted by Gasteiger charge is -2.22. The SMILES string of the molecule is CN(CCCC(=O)NCCNC(=O)O[C@H]1[C@@H](O)[C@H](n2cnc3c(N)ncnc32)O[C@@H]1COP(=O)(O)OP(=O)(O)NP(=O)(O)O)c1ccc2nc3ccc(=[N+](C)C)cc-3sc2c1. The number of nitrogens with one attached hydrogen (secondary N) is 3. The van der Waals surface area contributed by atoms with E-state index in [4.69, 9.17) is 34.5 Å². The summed E-state index contributed by atoms with van der Waals surface area (Å²) >= 11 is 1.65. The number of aromatic nitrogens is 5. The number of nitrogens with two attached hydrogens (primary N) is 1. The summed E-state index contributed by atoms with van der Waals surface area (Å²) in [5.74, 6) is -0.279. The number of amides is 2. The van der Waals surface area contributed by atoms with Crippen LogP contribution >= 0.6 is 34.7 Å². The Labute approximate surface area is 349 Å². The number of ether oxygens (including phenoxy) is 2. The number of aliphatic hydroxyl groups excluding tert-OH is 1. The van der Waals surface area contributed by atoms with Gasteiger partial charge in [-0.15, -0.1) is 16.2 Å². The van der Waals surface area contributed by atoms with Crippen LogP contribution < -0.4 is 36.1 Å². The fourth-order valence-corrected chi connectivity index (χ4v) is 10.6. The molecule has 0 saturated carbocycles. The van der Waals surface area contributed by atoms with E-state index >= 15 is 0 Å². The molecule has 25 nitrogen and oxygen atoms in total. The lowest BCUT2D eigenvalue weighted by molar-refractivity contribution is -0.121. The van der Waals surface area contributed by atoms with Crippen molar-refractivity contribution in [3.8, 4) is 10.6 Å². The first-order valence-electron chi connectivity index (χ1n) is 18.1. The van der Waals surface area contributed by atoms with Crippen molar-refractivity contribution in [2.24, 2.45) is 0 Å². The van der Waals surface area contributed by atoms with Crippen LogP contribution in [0.1, 0.15) is 19.1 Å². The van der Waals surface area contributed by atoms with E-state index in [9.17, 15) is 38.2 Å². The molecule has 1 fully saturated rings. The molecule has 2 aromatic heterocycles. The average molecular weight is 931 g/mol. The van der Waals surface area contributed by atoms with Crippen molar-refractivity contribution in [2.75, 3.05) is 58.0 Å². The Bertz CT molecular complexity index is 2610. The van der Waals surface area contributed by atoms with E-state index in [1.165, 1.54) is 10.9 Å². The number of nitrogens with zero attached hydrogens (tertiary/aromatic N) is 7.